The molecule has 3 rings (SSSR count). The molecule has 0 radical (unpaired) electrons. The Labute approximate surface area is 153 Å². The van der Waals surface area contributed by atoms with Gasteiger partial charge in [0.2, 0.25) is 0 Å². The van der Waals surface area contributed by atoms with Gasteiger partial charge in [-0.3, -0.25) is 0 Å². The van der Waals surface area contributed by atoms with E-state index in [4.69, 9.17) is 4.74 Å². The molecule has 0 bridgehead atoms. The van der Waals surface area contributed by atoms with Crippen molar-refractivity contribution >= 4 is 21.9 Å². The van der Waals surface area contributed by atoms with Crippen molar-refractivity contribution in [1.29, 1.82) is 0 Å². The lowest BCUT2D eigenvalue weighted by Crippen LogP contribution is -2.22. The number of benzene rings is 1. The van der Waals surface area contributed by atoms with Crippen LogP contribution in [0.4, 0.5) is 0 Å². The zero-order chi connectivity index (χ0) is 18.0. The van der Waals surface area contributed by atoms with Gasteiger partial charge in [-0.25, -0.2) is 14.2 Å². The summed E-state index contributed by atoms with van der Waals surface area (Å²) in [7, 11) is 0. The normalized spacial score (nSPS) is 11.5. The van der Waals surface area contributed by atoms with Crippen LogP contribution in [0, 0.1) is 0 Å². The second kappa shape index (κ2) is 6.79. The van der Waals surface area contributed by atoms with Crippen molar-refractivity contribution in [3.05, 3.63) is 58.6 Å². The Morgan fingerprint density at radius 2 is 2.08 bits per heavy atom. The molecule has 0 saturated carbocycles. The van der Waals surface area contributed by atoms with Crippen LogP contribution >= 0.6 is 15.9 Å². The van der Waals surface area contributed by atoms with Crippen molar-refractivity contribution in [2.45, 2.75) is 32.9 Å². The number of esters is 1. The number of carbonyl (C=O) groups is 1. The lowest BCUT2D eigenvalue weighted by Gasteiger charge is -2.17. The van der Waals surface area contributed by atoms with Crippen molar-refractivity contribution in [1.82, 2.24) is 24.8 Å². The summed E-state index contributed by atoms with van der Waals surface area (Å²) < 4.78 is 9.59. The van der Waals surface area contributed by atoms with Gasteiger partial charge in [-0.05, 0) is 39.0 Å². The number of halogens is 1. The van der Waals surface area contributed by atoms with Gasteiger partial charge in [0.25, 0.3) is 0 Å². The summed E-state index contributed by atoms with van der Waals surface area (Å²) in [5.74, 6) is -0.452. The predicted octanol–water partition coefficient (Wildman–Crippen LogP) is 3.34. The largest absolute Gasteiger partial charge is 0.455 e. The standard InChI is InChI=1S/C17H18BrN5O2/c1-17(2,3)23-10-14(20-21-23)11-25-16(24)12-8-19-22(9-12)15-6-4-5-13(18)7-15/h4-10H,11H2,1-3H3. The highest BCUT2D eigenvalue weighted by atomic mass is 79.9. The van der Waals surface area contributed by atoms with E-state index in [9.17, 15) is 4.79 Å². The molecule has 1 aromatic carbocycles. The highest BCUT2D eigenvalue weighted by Gasteiger charge is 2.16. The SMILES string of the molecule is CC(C)(C)n1cc(COC(=O)c2cnn(-c3cccc(Br)c3)c2)nn1. The monoisotopic (exact) mass is 403 g/mol. The Kier molecular flexibility index (Phi) is 4.71. The molecule has 0 unspecified atom stereocenters. The molecule has 0 fully saturated rings. The highest BCUT2D eigenvalue weighted by molar-refractivity contribution is 9.10. The lowest BCUT2D eigenvalue weighted by molar-refractivity contribution is 0.0467. The fourth-order valence-corrected chi connectivity index (χ4v) is 2.49. The molecule has 2 heterocycles. The first-order valence-corrected chi connectivity index (χ1v) is 8.52. The summed E-state index contributed by atoms with van der Waals surface area (Å²) in [5.41, 5.74) is 1.66. The second-order valence-corrected chi connectivity index (χ2v) is 7.47. The number of rotatable bonds is 4. The Bertz CT molecular complexity index is 894. The summed E-state index contributed by atoms with van der Waals surface area (Å²) in [4.78, 5) is 12.2. The van der Waals surface area contributed by atoms with E-state index in [0.29, 0.717) is 11.3 Å². The van der Waals surface area contributed by atoms with Gasteiger partial charge in [-0.1, -0.05) is 27.2 Å². The summed E-state index contributed by atoms with van der Waals surface area (Å²) in [6.45, 7) is 6.13. The Balaban J connectivity index is 1.65. The van der Waals surface area contributed by atoms with Crippen molar-refractivity contribution in [2.24, 2.45) is 0 Å². The number of hydrogen-bond donors (Lipinski definition) is 0. The third-order valence-corrected chi connectivity index (χ3v) is 3.96. The van der Waals surface area contributed by atoms with Gasteiger partial charge in [-0.2, -0.15) is 5.10 Å². The molecule has 25 heavy (non-hydrogen) atoms. The van der Waals surface area contributed by atoms with E-state index in [2.05, 4.69) is 31.3 Å². The Hall–Kier alpha value is -2.48. The molecule has 0 saturated heterocycles. The van der Waals surface area contributed by atoms with Crippen LogP contribution < -0.4 is 0 Å². The molecule has 0 aliphatic heterocycles. The van der Waals surface area contributed by atoms with Gasteiger partial charge in [-0.15, -0.1) is 5.10 Å². The third-order valence-electron chi connectivity index (χ3n) is 3.47. The number of carbonyl (C=O) groups excluding carboxylic acids is 1. The van der Waals surface area contributed by atoms with Gasteiger partial charge >= 0.3 is 5.97 Å². The smallest absolute Gasteiger partial charge is 0.341 e. The van der Waals surface area contributed by atoms with Crippen LogP contribution in [0.2, 0.25) is 0 Å². The fraction of sp³-hybridized carbons (Fsp3) is 0.294. The molecule has 7 nitrogen and oxygen atoms in total. The van der Waals surface area contributed by atoms with Gasteiger partial charge in [0, 0.05) is 10.7 Å². The maximum atomic E-state index is 12.2. The van der Waals surface area contributed by atoms with E-state index in [1.807, 2.05) is 45.0 Å². The van der Waals surface area contributed by atoms with E-state index in [-0.39, 0.29) is 12.1 Å². The van der Waals surface area contributed by atoms with Crippen molar-refractivity contribution in [3.63, 3.8) is 0 Å². The van der Waals surface area contributed by atoms with E-state index in [0.717, 1.165) is 10.2 Å². The van der Waals surface area contributed by atoms with Crippen LogP contribution in [0.3, 0.4) is 0 Å². The third kappa shape index (κ3) is 4.14. The molecular weight excluding hydrogens is 386 g/mol. The summed E-state index contributed by atoms with van der Waals surface area (Å²) >= 11 is 3.41. The van der Waals surface area contributed by atoms with Crippen molar-refractivity contribution in [3.8, 4) is 5.69 Å². The predicted molar refractivity (Wildman–Crippen MR) is 95.4 cm³/mol. The average molecular weight is 404 g/mol. The first-order chi connectivity index (χ1) is 11.8. The van der Waals surface area contributed by atoms with Gasteiger partial charge in [0.05, 0.1) is 29.2 Å². The average Bonchev–Trinajstić information content (AvgIpc) is 3.21. The van der Waals surface area contributed by atoms with Crippen LogP contribution in [0.25, 0.3) is 5.69 Å². The molecular formula is C17H18BrN5O2. The highest BCUT2D eigenvalue weighted by Crippen LogP contribution is 2.16. The maximum Gasteiger partial charge on any atom is 0.341 e. The van der Waals surface area contributed by atoms with Crippen molar-refractivity contribution < 1.29 is 9.53 Å². The van der Waals surface area contributed by atoms with E-state index in [1.54, 1.807) is 21.8 Å². The van der Waals surface area contributed by atoms with Crippen LogP contribution in [0.15, 0.2) is 47.3 Å². The molecule has 0 N–H and O–H groups in total. The number of aromatic nitrogens is 5. The number of hydrogen-bond acceptors (Lipinski definition) is 5. The Morgan fingerprint density at radius 3 is 2.76 bits per heavy atom. The quantitative estimate of drug-likeness (QED) is 0.624. The zero-order valence-electron chi connectivity index (χ0n) is 14.2. The molecule has 0 spiro atoms. The molecule has 0 aliphatic rings. The zero-order valence-corrected chi connectivity index (χ0v) is 15.8. The minimum Gasteiger partial charge on any atom is -0.455 e. The molecule has 3 aromatic rings. The Morgan fingerprint density at radius 1 is 1.28 bits per heavy atom. The summed E-state index contributed by atoms with van der Waals surface area (Å²) in [6.07, 6.45) is 4.89. The summed E-state index contributed by atoms with van der Waals surface area (Å²) in [5, 5.41) is 12.3. The van der Waals surface area contributed by atoms with Gasteiger partial charge < -0.3 is 4.74 Å². The molecule has 2 aromatic heterocycles. The van der Waals surface area contributed by atoms with Gasteiger partial charge in [0.15, 0.2) is 0 Å². The van der Waals surface area contributed by atoms with Crippen LogP contribution in [-0.2, 0) is 16.9 Å². The minimum absolute atomic E-state index is 0.0664. The van der Waals surface area contributed by atoms with Crippen LogP contribution in [0.5, 0.6) is 0 Å². The lowest BCUT2D eigenvalue weighted by atomic mass is 10.1. The van der Waals surface area contributed by atoms with E-state index in [1.165, 1.54) is 6.20 Å². The molecule has 0 aliphatic carbocycles. The van der Waals surface area contributed by atoms with Crippen LogP contribution in [0.1, 0.15) is 36.8 Å². The molecule has 0 amide bonds. The van der Waals surface area contributed by atoms with Gasteiger partial charge in [0.1, 0.15) is 12.3 Å². The molecule has 0 atom stereocenters. The second-order valence-electron chi connectivity index (χ2n) is 6.55. The number of ether oxygens (including phenoxy) is 1. The minimum atomic E-state index is -0.452. The van der Waals surface area contributed by atoms with E-state index >= 15 is 0 Å². The number of nitrogens with zero attached hydrogens (tertiary/aromatic N) is 5. The topological polar surface area (TPSA) is 74.8 Å². The van der Waals surface area contributed by atoms with E-state index < -0.39 is 5.97 Å². The summed E-state index contributed by atoms with van der Waals surface area (Å²) in [6, 6.07) is 7.63. The fourth-order valence-electron chi connectivity index (χ4n) is 2.10. The molecule has 130 valence electrons. The first-order valence-electron chi connectivity index (χ1n) is 7.72. The van der Waals surface area contributed by atoms with Crippen molar-refractivity contribution in [2.75, 3.05) is 0 Å². The maximum absolute atomic E-state index is 12.2. The first kappa shape index (κ1) is 17.3. The molecule has 8 heteroatoms. The van der Waals surface area contributed by atoms with Crippen LogP contribution in [-0.4, -0.2) is 30.7 Å².